The number of hydrogen-bond acceptors (Lipinski definition) is 3. The zero-order valence-corrected chi connectivity index (χ0v) is 11.4. The molecule has 0 aliphatic carbocycles. The van der Waals surface area contributed by atoms with Gasteiger partial charge in [0.1, 0.15) is 6.61 Å². The van der Waals surface area contributed by atoms with E-state index in [9.17, 15) is 4.79 Å². The van der Waals surface area contributed by atoms with Crippen molar-refractivity contribution in [3.05, 3.63) is 66.2 Å². The minimum absolute atomic E-state index is 0.146. The highest BCUT2D eigenvalue weighted by Crippen LogP contribution is 2.17. The van der Waals surface area contributed by atoms with Crippen LogP contribution >= 0.6 is 11.8 Å². The SMILES string of the molecule is O=C(CCSc1ccccc1)OCc1ccccc1. The van der Waals surface area contributed by atoms with Gasteiger partial charge in [-0.25, -0.2) is 0 Å². The third kappa shape index (κ3) is 5.18. The van der Waals surface area contributed by atoms with Gasteiger partial charge in [-0.15, -0.1) is 11.8 Å². The fourth-order valence-corrected chi connectivity index (χ4v) is 2.43. The molecule has 0 saturated heterocycles. The highest BCUT2D eigenvalue weighted by molar-refractivity contribution is 7.99. The third-order valence-corrected chi connectivity index (χ3v) is 3.57. The summed E-state index contributed by atoms with van der Waals surface area (Å²) in [5.41, 5.74) is 1.02. The second-order valence-electron chi connectivity index (χ2n) is 4.06. The Morgan fingerprint density at radius 3 is 2.26 bits per heavy atom. The van der Waals surface area contributed by atoms with E-state index in [0.29, 0.717) is 13.0 Å². The monoisotopic (exact) mass is 272 g/mol. The number of esters is 1. The molecule has 2 aromatic rings. The molecule has 98 valence electrons. The van der Waals surface area contributed by atoms with Crippen LogP contribution in [0.4, 0.5) is 0 Å². The van der Waals surface area contributed by atoms with E-state index >= 15 is 0 Å². The van der Waals surface area contributed by atoms with Crippen LogP contribution in [-0.2, 0) is 16.1 Å². The fraction of sp³-hybridized carbons (Fsp3) is 0.188. The molecule has 0 unspecified atom stereocenters. The second kappa shape index (κ2) is 7.64. The maximum absolute atomic E-state index is 11.6. The van der Waals surface area contributed by atoms with E-state index in [2.05, 4.69) is 0 Å². The van der Waals surface area contributed by atoms with Crippen LogP contribution in [0.1, 0.15) is 12.0 Å². The number of carbonyl (C=O) groups is 1. The summed E-state index contributed by atoms with van der Waals surface area (Å²) in [6, 6.07) is 19.8. The number of rotatable bonds is 6. The Balaban J connectivity index is 1.65. The van der Waals surface area contributed by atoms with Crippen LogP contribution in [0, 0.1) is 0 Å². The average molecular weight is 272 g/mol. The first-order valence-corrected chi connectivity index (χ1v) is 7.20. The summed E-state index contributed by atoms with van der Waals surface area (Å²) in [6.45, 7) is 0.357. The van der Waals surface area contributed by atoms with Crippen LogP contribution in [0.5, 0.6) is 0 Å². The molecule has 0 fully saturated rings. The fourth-order valence-electron chi connectivity index (χ4n) is 1.58. The lowest BCUT2D eigenvalue weighted by molar-refractivity contribution is -0.144. The van der Waals surface area contributed by atoms with Crippen LogP contribution in [0.3, 0.4) is 0 Å². The Bertz CT molecular complexity index is 497. The summed E-state index contributed by atoms with van der Waals surface area (Å²) in [5.74, 6) is 0.602. The number of carbonyl (C=O) groups excluding carboxylic acids is 1. The molecule has 0 amide bonds. The van der Waals surface area contributed by atoms with Crippen molar-refractivity contribution < 1.29 is 9.53 Å². The summed E-state index contributed by atoms with van der Waals surface area (Å²) >= 11 is 1.67. The zero-order chi connectivity index (χ0) is 13.3. The summed E-state index contributed by atoms with van der Waals surface area (Å²) < 4.78 is 5.21. The smallest absolute Gasteiger partial charge is 0.306 e. The molecule has 0 radical (unpaired) electrons. The summed E-state index contributed by atoms with van der Waals surface area (Å²) in [7, 11) is 0. The lowest BCUT2D eigenvalue weighted by Gasteiger charge is -2.05. The van der Waals surface area contributed by atoms with Crippen molar-refractivity contribution in [2.45, 2.75) is 17.9 Å². The number of benzene rings is 2. The molecule has 0 N–H and O–H groups in total. The molecule has 3 heteroatoms. The molecule has 0 spiro atoms. The normalized spacial score (nSPS) is 10.1. The standard InChI is InChI=1S/C16H16O2S/c17-16(18-13-14-7-3-1-4-8-14)11-12-19-15-9-5-2-6-10-15/h1-10H,11-13H2. The van der Waals surface area contributed by atoms with Crippen molar-refractivity contribution in [1.82, 2.24) is 0 Å². The Morgan fingerprint density at radius 1 is 0.947 bits per heavy atom. The van der Waals surface area contributed by atoms with Crippen molar-refractivity contribution in [2.75, 3.05) is 5.75 Å². The first kappa shape index (κ1) is 13.7. The average Bonchev–Trinajstić information content (AvgIpc) is 2.47. The van der Waals surface area contributed by atoms with Crippen LogP contribution in [0.2, 0.25) is 0 Å². The molecule has 0 saturated carbocycles. The summed E-state index contributed by atoms with van der Waals surface area (Å²) in [6.07, 6.45) is 0.437. The van der Waals surface area contributed by atoms with Gasteiger partial charge in [0.05, 0.1) is 6.42 Å². The predicted octanol–water partition coefficient (Wildman–Crippen LogP) is 3.91. The number of ether oxygens (including phenoxy) is 1. The Kier molecular flexibility index (Phi) is 5.50. The highest BCUT2D eigenvalue weighted by Gasteiger charge is 2.03. The first-order valence-electron chi connectivity index (χ1n) is 6.22. The van der Waals surface area contributed by atoms with Crippen LogP contribution < -0.4 is 0 Å². The molecule has 0 atom stereocenters. The minimum Gasteiger partial charge on any atom is -0.461 e. The maximum atomic E-state index is 11.6. The number of thioether (sulfide) groups is 1. The summed E-state index contributed by atoms with van der Waals surface area (Å²) in [5, 5.41) is 0. The predicted molar refractivity (Wildman–Crippen MR) is 78.0 cm³/mol. The van der Waals surface area contributed by atoms with Crippen LogP contribution in [-0.4, -0.2) is 11.7 Å². The van der Waals surface area contributed by atoms with Gasteiger partial charge < -0.3 is 4.74 Å². The summed E-state index contributed by atoms with van der Waals surface area (Å²) in [4.78, 5) is 12.8. The van der Waals surface area contributed by atoms with Crippen LogP contribution in [0.25, 0.3) is 0 Å². The van der Waals surface area contributed by atoms with Gasteiger partial charge in [-0.05, 0) is 17.7 Å². The third-order valence-electron chi connectivity index (χ3n) is 2.56. The zero-order valence-electron chi connectivity index (χ0n) is 10.6. The van der Waals surface area contributed by atoms with Crippen LogP contribution in [0.15, 0.2) is 65.6 Å². The lowest BCUT2D eigenvalue weighted by atomic mass is 10.2. The quantitative estimate of drug-likeness (QED) is 0.589. The molecule has 2 rings (SSSR count). The van der Waals surface area contributed by atoms with E-state index in [1.165, 1.54) is 4.90 Å². The Hall–Kier alpha value is -1.74. The van der Waals surface area contributed by atoms with E-state index in [-0.39, 0.29) is 5.97 Å². The minimum atomic E-state index is -0.146. The lowest BCUT2D eigenvalue weighted by Crippen LogP contribution is -2.05. The topological polar surface area (TPSA) is 26.3 Å². The van der Waals surface area contributed by atoms with E-state index in [1.54, 1.807) is 11.8 Å². The molecule has 19 heavy (non-hydrogen) atoms. The van der Waals surface area contributed by atoms with Gasteiger partial charge in [-0.1, -0.05) is 48.5 Å². The highest BCUT2D eigenvalue weighted by atomic mass is 32.2. The van der Waals surface area contributed by atoms with Gasteiger partial charge in [0.2, 0.25) is 0 Å². The van der Waals surface area contributed by atoms with E-state index in [4.69, 9.17) is 4.74 Å². The van der Waals surface area contributed by atoms with E-state index in [1.807, 2.05) is 60.7 Å². The molecule has 2 aromatic carbocycles. The van der Waals surface area contributed by atoms with Gasteiger partial charge in [0.15, 0.2) is 0 Å². The van der Waals surface area contributed by atoms with E-state index < -0.39 is 0 Å². The largest absolute Gasteiger partial charge is 0.461 e. The second-order valence-corrected chi connectivity index (χ2v) is 5.23. The molecule has 0 aliphatic rings. The first-order chi connectivity index (χ1) is 9.34. The van der Waals surface area contributed by atoms with E-state index in [0.717, 1.165) is 11.3 Å². The van der Waals surface area contributed by atoms with Gasteiger partial charge in [-0.2, -0.15) is 0 Å². The van der Waals surface area contributed by atoms with Crippen molar-refractivity contribution in [1.29, 1.82) is 0 Å². The van der Waals surface area contributed by atoms with Crippen molar-refractivity contribution in [3.8, 4) is 0 Å². The molecular weight excluding hydrogens is 256 g/mol. The molecule has 0 aromatic heterocycles. The molecule has 0 aliphatic heterocycles. The Labute approximate surface area is 117 Å². The number of hydrogen-bond donors (Lipinski definition) is 0. The molecule has 0 bridgehead atoms. The van der Waals surface area contributed by atoms with Gasteiger partial charge in [0, 0.05) is 10.6 Å². The van der Waals surface area contributed by atoms with Crippen molar-refractivity contribution in [3.63, 3.8) is 0 Å². The molecular formula is C16H16O2S. The van der Waals surface area contributed by atoms with Gasteiger partial charge in [-0.3, -0.25) is 4.79 Å². The van der Waals surface area contributed by atoms with Crippen molar-refractivity contribution in [2.24, 2.45) is 0 Å². The maximum Gasteiger partial charge on any atom is 0.306 e. The van der Waals surface area contributed by atoms with Crippen molar-refractivity contribution >= 4 is 17.7 Å². The van der Waals surface area contributed by atoms with Gasteiger partial charge in [0.25, 0.3) is 0 Å². The molecule has 2 nitrogen and oxygen atoms in total. The Morgan fingerprint density at radius 2 is 1.58 bits per heavy atom. The van der Waals surface area contributed by atoms with Gasteiger partial charge >= 0.3 is 5.97 Å². The molecule has 0 heterocycles.